The van der Waals surface area contributed by atoms with Gasteiger partial charge < -0.3 is 24.3 Å². The van der Waals surface area contributed by atoms with Crippen LogP contribution in [0.3, 0.4) is 0 Å². The van der Waals surface area contributed by atoms with Crippen LogP contribution in [-0.4, -0.2) is 41.3 Å². The third kappa shape index (κ3) is 4.18. The number of methoxy groups -OCH3 is 4. The van der Waals surface area contributed by atoms with E-state index in [1.165, 1.54) is 0 Å². The van der Waals surface area contributed by atoms with Crippen LogP contribution in [0.2, 0.25) is 0 Å². The molecular formula is C13H21NO4. The molecule has 0 amide bonds. The second kappa shape index (κ2) is 7.92. The van der Waals surface area contributed by atoms with Gasteiger partial charge in [-0.3, -0.25) is 0 Å². The minimum Gasteiger partial charge on any atom is -0.497 e. The standard InChI is InChI=1S/C13H21NO4/c1-15-11-6-5-10(12(7-11)16-2)8-14-9-13(17-3)18-4/h5-7,13-14H,8-9H2,1-4H3. The molecule has 0 saturated carbocycles. The summed E-state index contributed by atoms with van der Waals surface area (Å²) in [7, 11) is 6.51. The Bertz CT molecular complexity index is 353. The van der Waals surface area contributed by atoms with Crippen molar-refractivity contribution in [1.82, 2.24) is 5.32 Å². The largest absolute Gasteiger partial charge is 0.497 e. The summed E-state index contributed by atoms with van der Waals surface area (Å²) in [4.78, 5) is 0. The quantitative estimate of drug-likeness (QED) is 0.712. The number of nitrogens with one attached hydrogen (secondary N) is 1. The predicted molar refractivity (Wildman–Crippen MR) is 69.1 cm³/mol. The molecule has 0 atom stereocenters. The highest BCUT2D eigenvalue weighted by Gasteiger charge is 2.07. The highest BCUT2D eigenvalue weighted by Crippen LogP contribution is 2.24. The second-order valence-electron chi connectivity index (χ2n) is 3.71. The van der Waals surface area contributed by atoms with Crippen molar-refractivity contribution >= 4 is 0 Å². The second-order valence-corrected chi connectivity index (χ2v) is 3.71. The van der Waals surface area contributed by atoms with Gasteiger partial charge in [-0.15, -0.1) is 0 Å². The van der Waals surface area contributed by atoms with Crippen LogP contribution in [0.15, 0.2) is 18.2 Å². The number of rotatable bonds is 8. The Morgan fingerprint density at radius 3 is 2.33 bits per heavy atom. The van der Waals surface area contributed by atoms with E-state index in [9.17, 15) is 0 Å². The number of hydrogen-bond donors (Lipinski definition) is 1. The Morgan fingerprint density at radius 2 is 1.78 bits per heavy atom. The predicted octanol–water partition coefficient (Wildman–Crippen LogP) is 1.41. The summed E-state index contributed by atoms with van der Waals surface area (Å²) < 4.78 is 20.7. The number of hydrogen-bond acceptors (Lipinski definition) is 5. The normalized spacial score (nSPS) is 10.7. The molecule has 1 aromatic carbocycles. The van der Waals surface area contributed by atoms with Gasteiger partial charge in [0.25, 0.3) is 0 Å². The molecule has 0 heterocycles. The Morgan fingerprint density at radius 1 is 1.06 bits per heavy atom. The molecule has 5 heteroatoms. The lowest BCUT2D eigenvalue weighted by atomic mass is 10.2. The van der Waals surface area contributed by atoms with E-state index in [1.807, 2.05) is 18.2 Å². The maximum absolute atomic E-state index is 5.32. The molecule has 1 rings (SSSR count). The molecule has 0 aromatic heterocycles. The van der Waals surface area contributed by atoms with Gasteiger partial charge in [0.1, 0.15) is 11.5 Å². The molecular weight excluding hydrogens is 234 g/mol. The van der Waals surface area contributed by atoms with Crippen LogP contribution < -0.4 is 14.8 Å². The molecule has 1 aromatic rings. The van der Waals surface area contributed by atoms with Gasteiger partial charge in [0.15, 0.2) is 6.29 Å². The summed E-state index contributed by atoms with van der Waals surface area (Å²) in [6.07, 6.45) is -0.241. The summed E-state index contributed by atoms with van der Waals surface area (Å²) in [6.45, 7) is 1.29. The van der Waals surface area contributed by atoms with Crippen LogP contribution in [0, 0.1) is 0 Å². The summed E-state index contributed by atoms with van der Waals surface area (Å²) >= 11 is 0. The zero-order chi connectivity index (χ0) is 13.4. The summed E-state index contributed by atoms with van der Waals surface area (Å²) in [5.74, 6) is 1.58. The fraction of sp³-hybridized carbons (Fsp3) is 0.538. The molecule has 0 aliphatic heterocycles. The zero-order valence-electron chi connectivity index (χ0n) is 11.4. The van der Waals surface area contributed by atoms with Crippen molar-refractivity contribution in [3.8, 4) is 11.5 Å². The van der Waals surface area contributed by atoms with Crippen LogP contribution in [0.5, 0.6) is 11.5 Å². The van der Waals surface area contributed by atoms with Crippen molar-refractivity contribution in [1.29, 1.82) is 0 Å². The number of benzene rings is 1. The molecule has 0 unspecified atom stereocenters. The summed E-state index contributed by atoms with van der Waals surface area (Å²) in [6, 6.07) is 5.74. The van der Waals surface area contributed by atoms with E-state index in [4.69, 9.17) is 18.9 Å². The summed E-state index contributed by atoms with van der Waals surface area (Å²) in [5, 5.41) is 3.24. The maximum Gasteiger partial charge on any atom is 0.169 e. The molecule has 0 aliphatic rings. The van der Waals surface area contributed by atoms with Crippen molar-refractivity contribution in [2.75, 3.05) is 35.0 Å². The van der Waals surface area contributed by atoms with Gasteiger partial charge in [-0.1, -0.05) is 6.07 Å². The first-order valence-corrected chi connectivity index (χ1v) is 5.72. The smallest absolute Gasteiger partial charge is 0.169 e. The van der Waals surface area contributed by atoms with Gasteiger partial charge in [0.05, 0.1) is 14.2 Å². The monoisotopic (exact) mass is 255 g/mol. The first-order chi connectivity index (χ1) is 8.74. The van der Waals surface area contributed by atoms with Crippen molar-refractivity contribution in [3.63, 3.8) is 0 Å². The fourth-order valence-electron chi connectivity index (χ4n) is 1.59. The fourth-order valence-corrected chi connectivity index (χ4v) is 1.59. The van der Waals surface area contributed by atoms with Crippen LogP contribution in [0.25, 0.3) is 0 Å². The van der Waals surface area contributed by atoms with E-state index in [2.05, 4.69) is 5.32 Å². The average Bonchev–Trinajstić information content (AvgIpc) is 2.43. The lowest BCUT2D eigenvalue weighted by molar-refractivity contribution is -0.0989. The molecule has 0 spiro atoms. The van der Waals surface area contributed by atoms with Crippen LogP contribution in [0.4, 0.5) is 0 Å². The lowest BCUT2D eigenvalue weighted by Gasteiger charge is -2.15. The van der Waals surface area contributed by atoms with Crippen LogP contribution >= 0.6 is 0 Å². The van der Waals surface area contributed by atoms with Gasteiger partial charge in [-0.2, -0.15) is 0 Å². The molecule has 0 aliphatic carbocycles. The van der Waals surface area contributed by atoms with Crippen molar-refractivity contribution in [2.45, 2.75) is 12.8 Å². The Hall–Kier alpha value is -1.30. The molecule has 5 nitrogen and oxygen atoms in total. The first-order valence-electron chi connectivity index (χ1n) is 5.72. The van der Waals surface area contributed by atoms with Crippen molar-refractivity contribution < 1.29 is 18.9 Å². The Kier molecular flexibility index (Phi) is 6.49. The maximum atomic E-state index is 5.32. The molecule has 1 N–H and O–H groups in total. The lowest BCUT2D eigenvalue weighted by Crippen LogP contribution is -2.29. The third-order valence-corrected chi connectivity index (χ3v) is 2.65. The summed E-state index contributed by atoms with van der Waals surface area (Å²) in [5.41, 5.74) is 1.06. The van der Waals surface area contributed by atoms with Gasteiger partial charge in [-0.05, 0) is 6.07 Å². The van der Waals surface area contributed by atoms with Gasteiger partial charge in [0.2, 0.25) is 0 Å². The SMILES string of the molecule is COc1ccc(CNCC(OC)OC)c(OC)c1. The minimum absolute atomic E-state index is 0.241. The van der Waals surface area contributed by atoms with E-state index in [1.54, 1.807) is 28.4 Å². The highest BCUT2D eigenvalue weighted by atomic mass is 16.7. The molecule has 0 fully saturated rings. The molecule has 102 valence electrons. The topological polar surface area (TPSA) is 49.0 Å². The third-order valence-electron chi connectivity index (χ3n) is 2.65. The highest BCUT2D eigenvalue weighted by molar-refractivity contribution is 5.40. The van der Waals surface area contributed by atoms with Gasteiger partial charge in [0, 0.05) is 38.9 Å². The van der Waals surface area contributed by atoms with E-state index < -0.39 is 0 Å². The van der Waals surface area contributed by atoms with Crippen LogP contribution in [0.1, 0.15) is 5.56 Å². The van der Waals surface area contributed by atoms with Crippen LogP contribution in [-0.2, 0) is 16.0 Å². The molecule has 0 saturated heterocycles. The number of ether oxygens (including phenoxy) is 4. The molecule has 0 bridgehead atoms. The van der Waals surface area contributed by atoms with E-state index in [0.29, 0.717) is 13.1 Å². The van der Waals surface area contributed by atoms with Crippen molar-refractivity contribution in [3.05, 3.63) is 23.8 Å². The minimum atomic E-state index is -0.241. The van der Waals surface area contributed by atoms with E-state index in [-0.39, 0.29) is 6.29 Å². The van der Waals surface area contributed by atoms with E-state index >= 15 is 0 Å². The van der Waals surface area contributed by atoms with Gasteiger partial charge >= 0.3 is 0 Å². The van der Waals surface area contributed by atoms with Gasteiger partial charge in [-0.25, -0.2) is 0 Å². The molecule has 18 heavy (non-hydrogen) atoms. The van der Waals surface area contributed by atoms with E-state index in [0.717, 1.165) is 17.1 Å². The Labute approximate surface area is 108 Å². The average molecular weight is 255 g/mol. The Balaban J connectivity index is 2.56. The molecule has 0 radical (unpaired) electrons. The van der Waals surface area contributed by atoms with Crippen molar-refractivity contribution in [2.24, 2.45) is 0 Å². The zero-order valence-corrected chi connectivity index (χ0v) is 11.4. The first kappa shape index (κ1) is 14.8.